The van der Waals surface area contributed by atoms with Gasteiger partial charge in [-0.25, -0.2) is 4.79 Å². The van der Waals surface area contributed by atoms with Gasteiger partial charge in [0.1, 0.15) is 0 Å². The van der Waals surface area contributed by atoms with Crippen molar-refractivity contribution in [3.8, 4) is 0 Å². The molecule has 0 atom stereocenters. The van der Waals surface area contributed by atoms with Crippen molar-refractivity contribution in [1.82, 2.24) is 5.32 Å². The van der Waals surface area contributed by atoms with E-state index in [0.717, 1.165) is 10.2 Å². The number of rotatable bonds is 3. The van der Waals surface area contributed by atoms with Crippen molar-refractivity contribution in [2.45, 2.75) is 32.6 Å². The number of allylic oxidation sites excluding steroid dienone is 1. The number of hydrogen-bond acceptors (Lipinski definition) is 1. The van der Waals surface area contributed by atoms with E-state index in [0.29, 0.717) is 5.92 Å². The van der Waals surface area contributed by atoms with Gasteiger partial charge in [0.25, 0.3) is 0 Å². The van der Waals surface area contributed by atoms with E-state index in [4.69, 9.17) is 0 Å². The van der Waals surface area contributed by atoms with Crippen LogP contribution in [0.4, 0.5) is 10.5 Å². The molecule has 0 spiro atoms. The maximum atomic E-state index is 11.8. The van der Waals surface area contributed by atoms with E-state index < -0.39 is 0 Å². The van der Waals surface area contributed by atoms with E-state index in [1.54, 1.807) is 0 Å². The highest BCUT2D eigenvalue weighted by atomic mass is 79.9. The van der Waals surface area contributed by atoms with E-state index in [2.05, 4.69) is 33.5 Å². The standard InChI is InChI=1S/C15H19BrN2O/c1-11(12-6-2-3-7-12)10-17-15(19)18-14-9-5-4-8-13(14)16/h4-5,8-10,12H,2-3,6-7H2,1H3,(H2,17,18,19)/b11-10+. The Hall–Kier alpha value is -1.29. The molecule has 2 amide bonds. The van der Waals surface area contributed by atoms with Crippen molar-refractivity contribution >= 4 is 27.6 Å². The summed E-state index contributed by atoms with van der Waals surface area (Å²) in [4.78, 5) is 11.8. The molecule has 0 aromatic heterocycles. The number of carbonyl (C=O) groups excluding carboxylic acids is 1. The molecule has 2 rings (SSSR count). The topological polar surface area (TPSA) is 41.1 Å². The molecule has 0 unspecified atom stereocenters. The maximum absolute atomic E-state index is 11.8. The average molecular weight is 323 g/mol. The molecular weight excluding hydrogens is 304 g/mol. The molecule has 102 valence electrons. The Morgan fingerprint density at radius 1 is 1.32 bits per heavy atom. The van der Waals surface area contributed by atoms with Crippen LogP contribution in [0.1, 0.15) is 32.6 Å². The maximum Gasteiger partial charge on any atom is 0.323 e. The fourth-order valence-electron chi connectivity index (χ4n) is 2.40. The number of nitrogens with one attached hydrogen (secondary N) is 2. The van der Waals surface area contributed by atoms with E-state index >= 15 is 0 Å². The lowest BCUT2D eigenvalue weighted by Crippen LogP contribution is -2.24. The number of para-hydroxylation sites is 1. The van der Waals surface area contributed by atoms with Crippen molar-refractivity contribution in [3.05, 3.63) is 40.5 Å². The molecule has 0 saturated heterocycles. The summed E-state index contributed by atoms with van der Waals surface area (Å²) in [5.74, 6) is 0.642. The highest BCUT2D eigenvalue weighted by Crippen LogP contribution is 2.30. The van der Waals surface area contributed by atoms with Crippen molar-refractivity contribution in [2.24, 2.45) is 5.92 Å². The molecular formula is C15H19BrN2O. The summed E-state index contributed by atoms with van der Waals surface area (Å²) in [7, 11) is 0. The van der Waals surface area contributed by atoms with E-state index in [9.17, 15) is 4.79 Å². The van der Waals surface area contributed by atoms with Crippen molar-refractivity contribution in [3.63, 3.8) is 0 Å². The summed E-state index contributed by atoms with van der Waals surface area (Å²) < 4.78 is 0.877. The Bertz CT molecular complexity index is 479. The van der Waals surface area contributed by atoms with Crippen molar-refractivity contribution in [2.75, 3.05) is 5.32 Å². The van der Waals surface area contributed by atoms with Crippen LogP contribution in [0.25, 0.3) is 0 Å². The van der Waals surface area contributed by atoms with Crippen molar-refractivity contribution < 1.29 is 4.79 Å². The van der Waals surface area contributed by atoms with Crippen LogP contribution in [0.15, 0.2) is 40.5 Å². The van der Waals surface area contributed by atoms with Gasteiger partial charge in [-0.1, -0.05) is 30.5 Å². The predicted molar refractivity (Wildman–Crippen MR) is 82.0 cm³/mol. The number of urea groups is 1. The van der Waals surface area contributed by atoms with Crippen LogP contribution >= 0.6 is 15.9 Å². The molecule has 2 N–H and O–H groups in total. The average Bonchev–Trinajstić information content (AvgIpc) is 2.93. The van der Waals surface area contributed by atoms with Gasteiger partial charge in [0.05, 0.1) is 5.69 Å². The second-order valence-corrected chi connectivity index (χ2v) is 5.80. The molecule has 0 radical (unpaired) electrons. The molecule has 1 saturated carbocycles. The van der Waals surface area contributed by atoms with Gasteiger partial charge < -0.3 is 10.6 Å². The summed E-state index contributed by atoms with van der Waals surface area (Å²) >= 11 is 3.40. The minimum atomic E-state index is -0.204. The summed E-state index contributed by atoms with van der Waals surface area (Å²) in [5.41, 5.74) is 2.03. The normalized spacial score (nSPS) is 16.4. The third kappa shape index (κ3) is 4.10. The predicted octanol–water partition coefficient (Wildman–Crippen LogP) is 4.66. The number of hydrogen-bond donors (Lipinski definition) is 2. The van der Waals surface area contributed by atoms with Crippen LogP contribution in [0, 0.1) is 5.92 Å². The smallest absolute Gasteiger partial charge is 0.314 e. The number of anilines is 1. The first kappa shape index (κ1) is 14.1. The van der Waals surface area contributed by atoms with Gasteiger partial charge in [0.15, 0.2) is 0 Å². The molecule has 1 fully saturated rings. The zero-order valence-electron chi connectivity index (χ0n) is 11.1. The second kappa shape index (κ2) is 6.75. The monoisotopic (exact) mass is 322 g/mol. The number of benzene rings is 1. The summed E-state index contributed by atoms with van der Waals surface area (Å²) in [6.07, 6.45) is 6.94. The first-order chi connectivity index (χ1) is 9.16. The lowest BCUT2D eigenvalue weighted by Gasteiger charge is -2.11. The van der Waals surface area contributed by atoms with Gasteiger partial charge in [-0.2, -0.15) is 0 Å². The lowest BCUT2D eigenvalue weighted by atomic mass is 10.0. The highest BCUT2D eigenvalue weighted by Gasteiger charge is 2.16. The van der Waals surface area contributed by atoms with Gasteiger partial charge >= 0.3 is 6.03 Å². The van der Waals surface area contributed by atoms with Gasteiger partial charge in [-0.05, 0) is 53.7 Å². The third-order valence-electron chi connectivity index (χ3n) is 3.55. The molecule has 3 nitrogen and oxygen atoms in total. The molecule has 1 aromatic carbocycles. The molecule has 19 heavy (non-hydrogen) atoms. The summed E-state index contributed by atoms with van der Waals surface area (Å²) in [5, 5.41) is 5.62. The minimum absolute atomic E-state index is 0.204. The third-order valence-corrected chi connectivity index (χ3v) is 4.24. The van der Waals surface area contributed by atoms with Gasteiger partial charge in [0, 0.05) is 10.7 Å². The molecule has 0 aliphatic heterocycles. The fourth-order valence-corrected chi connectivity index (χ4v) is 2.78. The number of halogens is 1. The van der Waals surface area contributed by atoms with Gasteiger partial charge in [-0.3, -0.25) is 0 Å². The summed E-state index contributed by atoms with van der Waals surface area (Å²) in [6.45, 7) is 2.09. The summed E-state index contributed by atoms with van der Waals surface area (Å²) in [6, 6.07) is 7.35. The molecule has 4 heteroatoms. The Kier molecular flexibility index (Phi) is 5.02. The fraction of sp³-hybridized carbons (Fsp3) is 0.400. The molecule has 1 aromatic rings. The minimum Gasteiger partial charge on any atom is -0.314 e. The van der Waals surface area contributed by atoms with Crippen LogP contribution in [-0.2, 0) is 0 Å². The second-order valence-electron chi connectivity index (χ2n) is 4.95. The highest BCUT2D eigenvalue weighted by molar-refractivity contribution is 9.10. The van der Waals surface area contributed by atoms with Gasteiger partial charge in [-0.15, -0.1) is 0 Å². The number of carbonyl (C=O) groups is 1. The SMILES string of the molecule is C/C(=C\NC(=O)Nc1ccccc1Br)C1CCCC1. The Morgan fingerprint density at radius 3 is 2.68 bits per heavy atom. The quantitative estimate of drug-likeness (QED) is 0.834. The zero-order valence-corrected chi connectivity index (χ0v) is 12.7. The Labute approximate surface area is 122 Å². The molecule has 1 aliphatic rings. The van der Waals surface area contributed by atoms with E-state index in [1.165, 1.54) is 31.3 Å². The Balaban J connectivity index is 1.87. The zero-order chi connectivity index (χ0) is 13.7. The first-order valence-electron chi connectivity index (χ1n) is 6.65. The first-order valence-corrected chi connectivity index (χ1v) is 7.45. The van der Waals surface area contributed by atoms with Crippen LogP contribution in [0.2, 0.25) is 0 Å². The van der Waals surface area contributed by atoms with Gasteiger partial charge in [0.2, 0.25) is 0 Å². The van der Waals surface area contributed by atoms with Crippen LogP contribution in [0.5, 0.6) is 0 Å². The van der Waals surface area contributed by atoms with Crippen molar-refractivity contribution in [1.29, 1.82) is 0 Å². The van der Waals surface area contributed by atoms with E-state index in [-0.39, 0.29) is 6.03 Å². The Morgan fingerprint density at radius 2 is 2.00 bits per heavy atom. The van der Waals surface area contributed by atoms with Crippen LogP contribution in [-0.4, -0.2) is 6.03 Å². The molecule has 1 aliphatic carbocycles. The largest absolute Gasteiger partial charge is 0.323 e. The van der Waals surface area contributed by atoms with Crippen LogP contribution < -0.4 is 10.6 Å². The molecule has 0 heterocycles. The molecule has 0 bridgehead atoms. The van der Waals surface area contributed by atoms with Crippen LogP contribution in [0.3, 0.4) is 0 Å². The lowest BCUT2D eigenvalue weighted by molar-refractivity contribution is 0.255. The van der Waals surface area contributed by atoms with E-state index in [1.807, 2.05) is 30.5 Å². The number of amides is 2.